The fraction of sp³-hybridized carbons (Fsp3) is 0.188. The molecule has 2 heterocycles. The molecule has 1 aromatic carbocycles. The lowest BCUT2D eigenvalue weighted by Crippen LogP contribution is -2.18. The number of H-pyrrole nitrogens is 2. The van der Waals surface area contributed by atoms with Gasteiger partial charge in [0.25, 0.3) is 5.56 Å². The number of nitrogens with one attached hydrogen (secondary N) is 2. The molecule has 24 heavy (non-hydrogen) atoms. The van der Waals surface area contributed by atoms with Crippen molar-refractivity contribution in [3.8, 4) is 11.4 Å². The first kappa shape index (κ1) is 15.6. The average molecular weight is 329 g/mol. The van der Waals surface area contributed by atoms with Gasteiger partial charge in [-0.05, 0) is 24.3 Å². The number of fused-ring (bicyclic) bond motifs is 1. The van der Waals surface area contributed by atoms with Crippen molar-refractivity contribution in [2.75, 3.05) is 14.2 Å². The van der Waals surface area contributed by atoms with E-state index in [-0.39, 0.29) is 17.5 Å². The van der Waals surface area contributed by atoms with E-state index in [2.05, 4.69) is 14.8 Å². The highest BCUT2D eigenvalue weighted by Gasteiger charge is 2.14. The Morgan fingerprint density at radius 3 is 2.50 bits per heavy atom. The number of hydrogen-bond acceptors (Lipinski definition) is 5. The van der Waals surface area contributed by atoms with Crippen LogP contribution >= 0.6 is 0 Å². The van der Waals surface area contributed by atoms with Crippen LogP contribution in [0.5, 0.6) is 5.75 Å². The van der Waals surface area contributed by atoms with Crippen molar-refractivity contribution in [1.82, 2.24) is 14.8 Å². The first-order valence-corrected chi connectivity index (χ1v) is 7.11. The van der Waals surface area contributed by atoms with Crippen LogP contribution in [-0.4, -0.2) is 35.0 Å². The Bertz CT molecular complexity index is 1010. The summed E-state index contributed by atoms with van der Waals surface area (Å²) in [5.74, 6) is 0.168. The summed E-state index contributed by atoms with van der Waals surface area (Å²) in [6, 6.07) is 8.02. The van der Waals surface area contributed by atoms with E-state index in [1.165, 1.54) is 17.9 Å². The molecule has 0 radical (unpaired) electrons. The molecule has 8 nitrogen and oxygen atoms in total. The summed E-state index contributed by atoms with van der Waals surface area (Å²) in [6.07, 6.45) is -0.0859. The number of esters is 1. The highest BCUT2D eigenvalue weighted by Crippen LogP contribution is 2.14. The van der Waals surface area contributed by atoms with Gasteiger partial charge in [0.15, 0.2) is 5.43 Å². The third kappa shape index (κ3) is 2.69. The van der Waals surface area contributed by atoms with Gasteiger partial charge in [0.1, 0.15) is 16.8 Å². The van der Waals surface area contributed by atoms with Gasteiger partial charge in [-0.3, -0.25) is 19.5 Å². The fourth-order valence-corrected chi connectivity index (χ4v) is 2.42. The number of methoxy groups -OCH3 is 2. The lowest BCUT2D eigenvalue weighted by Gasteiger charge is -2.03. The Morgan fingerprint density at radius 1 is 1.17 bits per heavy atom. The van der Waals surface area contributed by atoms with Crippen molar-refractivity contribution in [3.63, 3.8) is 0 Å². The first-order chi connectivity index (χ1) is 11.5. The highest BCUT2D eigenvalue weighted by atomic mass is 16.5. The zero-order valence-corrected chi connectivity index (χ0v) is 13.1. The van der Waals surface area contributed by atoms with Crippen LogP contribution in [-0.2, 0) is 16.0 Å². The molecule has 0 amide bonds. The summed E-state index contributed by atoms with van der Waals surface area (Å²) < 4.78 is 10.9. The van der Waals surface area contributed by atoms with Gasteiger partial charge in [-0.1, -0.05) is 0 Å². The summed E-state index contributed by atoms with van der Waals surface area (Å²) in [5, 5.41) is 2.85. The van der Waals surface area contributed by atoms with Crippen LogP contribution < -0.4 is 15.7 Å². The molecule has 0 aliphatic rings. The lowest BCUT2D eigenvalue weighted by molar-refractivity contribution is -0.139. The third-order valence-electron chi connectivity index (χ3n) is 3.62. The lowest BCUT2D eigenvalue weighted by atomic mass is 10.2. The maximum Gasteiger partial charge on any atom is 0.311 e. The molecule has 2 aromatic heterocycles. The van der Waals surface area contributed by atoms with E-state index in [1.807, 2.05) is 0 Å². The molecule has 0 aliphatic carbocycles. The van der Waals surface area contributed by atoms with Crippen molar-refractivity contribution >= 4 is 17.0 Å². The summed E-state index contributed by atoms with van der Waals surface area (Å²) in [4.78, 5) is 38.9. The second-order valence-corrected chi connectivity index (χ2v) is 5.11. The largest absolute Gasteiger partial charge is 0.497 e. The SMILES string of the molecule is COC(=O)Cc1cc(=O)c2c(=O)n(-c3ccc(OC)cc3)[nH]c2[nH]1. The van der Waals surface area contributed by atoms with Crippen LogP contribution in [0.25, 0.3) is 16.7 Å². The second kappa shape index (κ2) is 6.07. The zero-order chi connectivity index (χ0) is 17.3. The van der Waals surface area contributed by atoms with E-state index in [0.717, 1.165) is 0 Å². The number of carbonyl (C=O) groups excluding carboxylic acids is 1. The predicted molar refractivity (Wildman–Crippen MR) is 86.8 cm³/mol. The summed E-state index contributed by atoms with van der Waals surface area (Å²) >= 11 is 0. The predicted octanol–water partition coefficient (Wildman–Crippen LogP) is 0.731. The third-order valence-corrected chi connectivity index (χ3v) is 3.62. The topological polar surface area (TPSA) is 106 Å². The Balaban J connectivity index is 2.12. The standard InChI is InChI=1S/C16H15N3O5/c1-23-11-5-3-10(4-6-11)19-16(22)14-12(20)7-9(8-13(21)24-2)17-15(14)18-19/h3-7H,8H2,1-2H3,(H2,17,18,20). The van der Waals surface area contributed by atoms with Crippen LogP contribution in [0.3, 0.4) is 0 Å². The molecule has 3 rings (SSSR count). The Labute approximate surface area is 135 Å². The molecule has 0 unspecified atom stereocenters. The minimum Gasteiger partial charge on any atom is -0.497 e. The van der Waals surface area contributed by atoms with Crippen molar-refractivity contribution in [1.29, 1.82) is 0 Å². The number of carbonyl (C=O) groups is 1. The molecular formula is C16H15N3O5. The smallest absolute Gasteiger partial charge is 0.311 e. The molecule has 0 atom stereocenters. The van der Waals surface area contributed by atoms with Crippen molar-refractivity contribution < 1.29 is 14.3 Å². The average Bonchev–Trinajstić information content (AvgIpc) is 2.92. The van der Waals surface area contributed by atoms with Gasteiger partial charge in [-0.25, -0.2) is 4.68 Å². The quantitative estimate of drug-likeness (QED) is 0.686. The van der Waals surface area contributed by atoms with Crippen molar-refractivity contribution in [2.45, 2.75) is 6.42 Å². The van der Waals surface area contributed by atoms with Gasteiger partial charge >= 0.3 is 5.97 Å². The summed E-state index contributed by atoms with van der Waals surface area (Å²) in [5.41, 5.74) is 0.237. The van der Waals surface area contributed by atoms with Crippen LogP contribution in [0.1, 0.15) is 5.69 Å². The number of ether oxygens (including phenoxy) is 2. The van der Waals surface area contributed by atoms with Gasteiger partial charge in [0, 0.05) is 11.8 Å². The van der Waals surface area contributed by atoms with Gasteiger partial charge in [0.05, 0.1) is 26.3 Å². The molecule has 0 saturated heterocycles. The van der Waals surface area contributed by atoms with Crippen molar-refractivity contribution in [3.05, 3.63) is 56.6 Å². The normalized spacial score (nSPS) is 10.8. The summed E-state index contributed by atoms with van der Waals surface area (Å²) in [7, 11) is 2.81. The molecule has 3 aromatic rings. The number of rotatable bonds is 4. The Morgan fingerprint density at radius 2 is 1.88 bits per heavy atom. The maximum atomic E-state index is 12.5. The van der Waals surface area contributed by atoms with E-state index in [0.29, 0.717) is 17.1 Å². The number of pyridine rings is 1. The van der Waals surface area contributed by atoms with E-state index >= 15 is 0 Å². The van der Waals surface area contributed by atoms with Gasteiger partial charge < -0.3 is 14.5 Å². The summed E-state index contributed by atoms with van der Waals surface area (Å²) in [6.45, 7) is 0. The molecule has 0 saturated carbocycles. The maximum absolute atomic E-state index is 12.5. The van der Waals surface area contributed by atoms with Crippen LogP contribution in [0.2, 0.25) is 0 Å². The van der Waals surface area contributed by atoms with Crippen LogP contribution in [0, 0.1) is 0 Å². The molecule has 2 N–H and O–H groups in total. The Hall–Kier alpha value is -3.29. The van der Waals surface area contributed by atoms with E-state index in [4.69, 9.17) is 4.74 Å². The van der Waals surface area contributed by atoms with Crippen molar-refractivity contribution in [2.24, 2.45) is 0 Å². The number of nitrogens with zero attached hydrogens (tertiary/aromatic N) is 1. The molecule has 0 aliphatic heterocycles. The second-order valence-electron chi connectivity index (χ2n) is 5.11. The number of hydrogen-bond donors (Lipinski definition) is 2. The molecular weight excluding hydrogens is 314 g/mol. The van der Waals surface area contributed by atoms with Gasteiger partial charge in [-0.2, -0.15) is 0 Å². The molecule has 0 spiro atoms. The monoisotopic (exact) mass is 329 g/mol. The van der Waals surface area contributed by atoms with E-state index < -0.39 is 17.0 Å². The fourth-order valence-electron chi connectivity index (χ4n) is 2.42. The van der Waals surface area contributed by atoms with Gasteiger partial charge in [0.2, 0.25) is 0 Å². The Kier molecular flexibility index (Phi) is 3.95. The van der Waals surface area contributed by atoms with E-state index in [1.54, 1.807) is 31.4 Å². The zero-order valence-electron chi connectivity index (χ0n) is 13.1. The minimum atomic E-state index is -0.484. The molecule has 124 valence electrons. The number of benzene rings is 1. The molecule has 0 bridgehead atoms. The minimum absolute atomic E-state index is 0.000524. The van der Waals surface area contributed by atoms with E-state index in [9.17, 15) is 14.4 Å². The number of aromatic nitrogens is 3. The highest BCUT2D eigenvalue weighted by molar-refractivity contribution is 5.76. The van der Waals surface area contributed by atoms with Crippen LogP contribution in [0.15, 0.2) is 39.9 Å². The van der Waals surface area contributed by atoms with Crippen LogP contribution in [0.4, 0.5) is 0 Å². The first-order valence-electron chi connectivity index (χ1n) is 7.11. The molecule has 0 fully saturated rings. The number of aromatic amines is 2. The van der Waals surface area contributed by atoms with Gasteiger partial charge in [-0.15, -0.1) is 0 Å². The molecule has 8 heteroatoms.